The number of nitrogen functional groups attached to an aromatic ring is 1. The second kappa shape index (κ2) is 5.04. The first-order chi connectivity index (χ1) is 9.29. The third-order valence-corrected chi connectivity index (χ3v) is 3.80. The first kappa shape index (κ1) is 14.2. The van der Waals surface area contributed by atoms with Gasteiger partial charge in [0.05, 0.1) is 16.3 Å². The molecular weight excluding hydrogens is 293 g/mol. The highest BCUT2D eigenvalue weighted by Gasteiger charge is 2.18. The van der Waals surface area contributed by atoms with E-state index in [1.54, 1.807) is 0 Å². The highest BCUT2D eigenvalue weighted by Crippen LogP contribution is 2.24. The fraction of sp³-hybridized carbons (Fsp3) is 0. The molecule has 2 aromatic carbocycles. The summed E-state index contributed by atoms with van der Waals surface area (Å²) in [5.74, 6) is -2.89. The van der Waals surface area contributed by atoms with Crippen LogP contribution < -0.4 is 10.5 Å². The second-order valence-corrected chi connectivity index (χ2v) is 5.60. The normalized spacial score (nSPS) is 11.3. The molecular formula is C12H9F3N2O2S. The number of nitrogens with one attached hydrogen (secondary N) is 1. The Morgan fingerprint density at radius 1 is 1.00 bits per heavy atom. The molecule has 3 N–H and O–H groups in total. The van der Waals surface area contributed by atoms with Crippen molar-refractivity contribution in [3.63, 3.8) is 0 Å². The predicted octanol–water partition coefficient (Wildman–Crippen LogP) is 2.49. The molecule has 2 aromatic rings. The van der Waals surface area contributed by atoms with Crippen molar-refractivity contribution in [1.82, 2.24) is 0 Å². The summed E-state index contributed by atoms with van der Waals surface area (Å²) in [6, 6.07) is 5.43. The Labute approximate surface area is 113 Å². The van der Waals surface area contributed by atoms with Crippen molar-refractivity contribution in [2.75, 3.05) is 10.5 Å². The smallest absolute Gasteiger partial charge is 0.262 e. The average molecular weight is 302 g/mol. The molecule has 20 heavy (non-hydrogen) atoms. The lowest BCUT2D eigenvalue weighted by molar-refractivity contribution is 0.584. The molecule has 0 radical (unpaired) electrons. The summed E-state index contributed by atoms with van der Waals surface area (Å²) >= 11 is 0. The molecule has 0 unspecified atom stereocenters. The zero-order valence-corrected chi connectivity index (χ0v) is 10.7. The van der Waals surface area contributed by atoms with E-state index in [4.69, 9.17) is 5.73 Å². The zero-order valence-electron chi connectivity index (χ0n) is 9.90. The van der Waals surface area contributed by atoms with E-state index < -0.39 is 38.8 Å². The van der Waals surface area contributed by atoms with Gasteiger partial charge in [-0.05, 0) is 24.3 Å². The van der Waals surface area contributed by atoms with Crippen LogP contribution in [0.4, 0.5) is 24.5 Å². The van der Waals surface area contributed by atoms with Crippen molar-refractivity contribution in [3.05, 3.63) is 53.8 Å². The first-order valence-electron chi connectivity index (χ1n) is 5.32. The van der Waals surface area contributed by atoms with Crippen molar-refractivity contribution >= 4 is 21.4 Å². The lowest BCUT2D eigenvalue weighted by atomic mass is 10.2. The molecule has 0 aliphatic heterocycles. The van der Waals surface area contributed by atoms with Crippen LogP contribution in [0.15, 0.2) is 41.3 Å². The van der Waals surface area contributed by atoms with Crippen molar-refractivity contribution in [2.24, 2.45) is 0 Å². The lowest BCUT2D eigenvalue weighted by Crippen LogP contribution is -2.14. The van der Waals surface area contributed by atoms with Crippen LogP contribution in [-0.4, -0.2) is 8.42 Å². The van der Waals surface area contributed by atoms with Gasteiger partial charge in [-0.15, -0.1) is 0 Å². The predicted molar refractivity (Wildman–Crippen MR) is 68.0 cm³/mol. The van der Waals surface area contributed by atoms with Crippen molar-refractivity contribution in [1.29, 1.82) is 0 Å². The molecule has 0 atom stereocenters. The number of nitrogens with two attached hydrogens (primary N) is 1. The maximum absolute atomic E-state index is 13.5. The first-order valence-corrected chi connectivity index (χ1v) is 6.81. The second-order valence-electron chi connectivity index (χ2n) is 3.92. The third-order valence-electron chi connectivity index (χ3n) is 2.44. The van der Waals surface area contributed by atoms with Crippen molar-refractivity contribution < 1.29 is 21.6 Å². The summed E-state index contributed by atoms with van der Waals surface area (Å²) in [5, 5.41) is 0. The van der Waals surface area contributed by atoms with E-state index in [2.05, 4.69) is 0 Å². The van der Waals surface area contributed by atoms with Gasteiger partial charge < -0.3 is 5.73 Å². The van der Waals surface area contributed by atoms with Crippen LogP contribution >= 0.6 is 0 Å². The number of anilines is 2. The molecule has 4 nitrogen and oxygen atoms in total. The molecule has 0 saturated carbocycles. The van der Waals surface area contributed by atoms with Gasteiger partial charge in [-0.1, -0.05) is 6.07 Å². The SMILES string of the molecule is Nc1cc(NS(=O)(=O)c2cccc(F)c2)c(F)cc1F. The van der Waals surface area contributed by atoms with Crippen LogP contribution in [0.1, 0.15) is 0 Å². The topological polar surface area (TPSA) is 72.2 Å². The van der Waals surface area contributed by atoms with Gasteiger partial charge in [0.25, 0.3) is 10.0 Å². The summed E-state index contributed by atoms with van der Waals surface area (Å²) in [6.07, 6.45) is 0. The number of hydrogen-bond donors (Lipinski definition) is 2. The van der Waals surface area contributed by atoms with Crippen LogP contribution in [0.5, 0.6) is 0 Å². The van der Waals surface area contributed by atoms with Crippen LogP contribution in [0.2, 0.25) is 0 Å². The fourth-order valence-corrected chi connectivity index (χ4v) is 2.57. The van der Waals surface area contributed by atoms with Crippen molar-refractivity contribution in [3.8, 4) is 0 Å². The van der Waals surface area contributed by atoms with Gasteiger partial charge in [0.2, 0.25) is 0 Å². The van der Waals surface area contributed by atoms with Crippen LogP contribution in [0, 0.1) is 17.5 Å². The Hall–Kier alpha value is -2.22. The number of benzene rings is 2. The van der Waals surface area contributed by atoms with Crippen LogP contribution in [0.3, 0.4) is 0 Å². The molecule has 0 aliphatic carbocycles. The maximum atomic E-state index is 13.5. The Balaban J connectivity index is 2.41. The summed E-state index contributed by atoms with van der Waals surface area (Å²) in [7, 11) is -4.20. The summed E-state index contributed by atoms with van der Waals surface area (Å²) < 4.78 is 65.2. The highest BCUT2D eigenvalue weighted by atomic mass is 32.2. The Bertz CT molecular complexity index is 763. The number of halogens is 3. The number of hydrogen-bond acceptors (Lipinski definition) is 3. The zero-order chi connectivity index (χ0) is 14.9. The molecule has 106 valence electrons. The minimum absolute atomic E-state index is 0.389. The van der Waals surface area contributed by atoms with Gasteiger partial charge in [0.15, 0.2) is 0 Å². The van der Waals surface area contributed by atoms with E-state index in [0.29, 0.717) is 6.07 Å². The van der Waals surface area contributed by atoms with E-state index in [1.807, 2.05) is 4.72 Å². The maximum Gasteiger partial charge on any atom is 0.262 e. The minimum Gasteiger partial charge on any atom is -0.396 e. The number of sulfonamides is 1. The van der Waals surface area contributed by atoms with E-state index >= 15 is 0 Å². The molecule has 0 aromatic heterocycles. The Morgan fingerprint density at radius 3 is 2.35 bits per heavy atom. The Morgan fingerprint density at radius 2 is 1.70 bits per heavy atom. The molecule has 8 heteroatoms. The summed E-state index contributed by atoms with van der Waals surface area (Å²) in [6.45, 7) is 0. The fourth-order valence-electron chi connectivity index (χ4n) is 1.48. The van der Waals surface area contributed by atoms with Gasteiger partial charge in [0.1, 0.15) is 17.5 Å². The molecule has 0 spiro atoms. The molecule has 2 rings (SSSR count). The molecule has 0 bridgehead atoms. The van der Waals surface area contributed by atoms with Crippen LogP contribution in [0.25, 0.3) is 0 Å². The molecule has 0 aliphatic rings. The van der Waals surface area contributed by atoms with E-state index in [1.165, 1.54) is 6.07 Å². The van der Waals surface area contributed by atoms with Gasteiger partial charge in [-0.2, -0.15) is 0 Å². The van der Waals surface area contributed by atoms with Crippen molar-refractivity contribution in [2.45, 2.75) is 4.90 Å². The van der Waals surface area contributed by atoms with E-state index in [0.717, 1.165) is 24.3 Å². The molecule has 0 fully saturated rings. The minimum atomic E-state index is -4.20. The van der Waals surface area contributed by atoms with E-state index in [9.17, 15) is 21.6 Å². The monoisotopic (exact) mass is 302 g/mol. The highest BCUT2D eigenvalue weighted by molar-refractivity contribution is 7.92. The number of rotatable bonds is 3. The quantitative estimate of drug-likeness (QED) is 0.856. The van der Waals surface area contributed by atoms with Gasteiger partial charge in [-0.25, -0.2) is 21.6 Å². The lowest BCUT2D eigenvalue weighted by Gasteiger charge is -2.10. The van der Waals surface area contributed by atoms with Crippen LogP contribution in [-0.2, 0) is 10.0 Å². The van der Waals surface area contributed by atoms with Gasteiger partial charge in [-0.3, -0.25) is 4.72 Å². The van der Waals surface area contributed by atoms with E-state index in [-0.39, 0.29) is 4.90 Å². The molecule has 0 amide bonds. The standard InChI is InChI=1S/C12H9F3N2O2S/c13-7-2-1-3-8(4-7)20(18,19)17-12-6-11(16)9(14)5-10(12)15/h1-6,17H,16H2. The summed E-state index contributed by atoms with van der Waals surface area (Å²) in [4.78, 5) is -0.389. The summed E-state index contributed by atoms with van der Waals surface area (Å²) in [5.41, 5.74) is 4.30. The average Bonchev–Trinajstić information content (AvgIpc) is 2.36. The Kier molecular flexibility index (Phi) is 3.58. The van der Waals surface area contributed by atoms with Gasteiger partial charge in [0, 0.05) is 6.07 Å². The third kappa shape index (κ3) is 2.85. The van der Waals surface area contributed by atoms with Gasteiger partial charge >= 0.3 is 0 Å². The molecule has 0 heterocycles. The molecule has 0 saturated heterocycles. The largest absolute Gasteiger partial charge is 0.396 e.